The van der Waals surface area contributed by atoms with Crippen molar-refractivity contribution in [3.05, 3.63) is 0 Å². The molecule has 1 aliphatic rings. The Morgan fingerprint density at radius 1 is 1.43 bits per heavy atom. The van der Waals surface area contributed by atoms with Crippen LogP contribution in [-0.2, 0) is 9.53 Å². The third-order valence-corrected chi connectivity index (χ3v) is 3.51. The number of hydrogen-bond acceptors (Lipinski definition) is 2. The van der Waals surface area contributed by atoms with E-state index in [1.165, 1.54) is 32.8 Å². The molecule has 0 amide bonds. The molecule has 0 spiro atoms. The first-order valence-electron chi connectivity index (χ1n) is 5.76. The van der Waals surface area contributed by atoms with Gasteiger partial charge in [0.25, 0.3) is 0 Å². The van der Waals surface area contributed by atoms with Crippen LogP contribution in [0.25, 0.3) is 0 Å². The number of hydrogen-bond donors (Lipinski definition) is 0. The zero-order valence-corrected chi connectivity index (χ0v) is 9.58. The second-order valence-corrected chi connectivity index (χ2v) is 4.57. The van der Waals surface area contributed by atoms with Crippen molar-refractivity contribution in [2.45, 2.75) is 46.0 Å². The van der Waals surface area contributed by atoms with Gasteiger partial charge in [-0.1, -0.05) is 33.1 Å². The lowest BCUT2D eigenvalue weighted by molar-refractivity contribution is -0.149. The summed E-state index contributed by atoms with van der Waals surface area (Å²) in [5.41, 5.74) is 0. The smallest absolute Gasteiger partial charge is 0.308 e. The first kappa shape index (κ1) is 11.5. The van der Waals surface area contributed by atoms with Crippen LogP contribution in [0.1, 0.15) is 46.0 Å². The summed E-state index contributed by atoms with van der Waals surface area (Å²) < 4.78 is 4.85. The molecule has 1 rings (SSSR count). The Morgan fingerprint density at radius 3 is 2.71 bits per heavy atom. The predicted molar refractivity (Wildman–Crippen MR) is 56.9 cm³/mol. The molecule has 1 fully saturated rings. The lowest BCUT2D eigenvalue weighted by Gasteiger charge is -2.32. The van der Waals surface area contributed by atoms with E-state index >= 15 is 0 Å². The maximum Gasteiger partial charge on any atom is 0.308 e. The quantitative estimate of drug-likeness (QED) is 0.652. The number of esters is 1. The highest BCUT2D eigenvalue weighted by Crippen LogP contribution is 2.36. The van der Waals surface area contributed by atoms with Gasteiger partial charge in [0.05, 0.1) is 13.0 Å². The van der Waals surface area contributed by atoms with Crippen molar-refractivity contribution < 1.29 is 9.53 Å². The van der Waals surface area contributed by atoms with Gasteiger partial charge in [-0.05, 0) is 24.7 Å². The first-order valence-corrected chi connectivity index (χ1v) is 5.76. The minimum atomic E-state index is -0.00157. The van der Waals surface area contributed by atoms with Gasteiger partial charge in [0.2, 0.25) is 0 Å². The van der Waals surface area contributed by atoms with Gasteiger partial charge in [0.15, 0.2) is 0 Å². The predicted octanol–water partition coefficient (Wildman–Crippen LogP) is 3.01. The van der Waals surface area contributed by atoms with Crippen LogP contribution in [0.15, 0.2) is 0 Å². The summed E-state index contributed by atoms with van der Waals surface area (Å²) in [6.07, 6.45) is 6.02. The molecule has 0 aliphatic heterocycles. The normalized spacial score (nSPS) is 32.6. The van der Waals surface area contributed by atoms with Crippen LogP contribution in [0.4, 0.5) is 0 Å². The van der Waals surface area contributed by atoms with Gasteiger partial charge in [-0.3, -0.25) is 4.79 Å². The van der Waals surface area contributed by atoms with E-state index in [1.54, 1.807) is 0 Å². The molecule has 0 aromatic carbocycles. The first-order chi connectivity index (χ1) is 6.69. The Labute approximate surface area is 87.0 Å². The molecule has 0 aromatic rings. The fourth-order valence-corrected chi connectivity index (χ4v) is 2.56. The summed E-state index contributed by atoms with van der Waals surface area (Å²) in [5.74, 6) is 1.42. The van der Waals surface area contributed by atoms with Gasteiger partial charge in [-0.15, -0.1) is 0 Å². The SMILES string of the molecule is CCC[C@@H]1CCC(C)C(C(=O)OC)C1. The van der Waals surface area contributed by atoms with Gasteiger partial charge in [0, 0.05) is 0 Å². The van der Waals surface area contributed by atoms with Crippen molar-refractivity contribution in [3.63, 3.8) is 0 Å². The highest BCUT2D eigenvalue weighted by molar-refractivity contribution is 5.72. The van der Waals surface area contributed by atoms with Crippen LogP contribution < -0.4 is 0 Å². The number of methoxy groups -OCH3 is 1. The molecule has 0 bridgehead atoms. The average molecular weight is 198 g/mol. The second kappa shape index (κ2) is 5.38. The third-order valence-electron chi connectivity index (χ3n) is 3.51. The van der Waals surface area contributed by atoms with Crippen LogP contribution in [0.3, 0.4) is 0 Å². The summed E-state index contributed by atoms with van der Waals surface area (Å²) in [4.78, 5) is 11.5. The fourth-order valence-electron chi connectivity index (χ4n) is 2.56. The Balaban J connectivity index is 2.50. The molecule has 82 valence electrons. The Kier molecular flexibility index (Phi) is 4.43. The van der Waals surface area contributed by atoms with Crippen molar-refractivity contribution in [1.82, 2.24) is 0 Å². The monoisotopic (exact) mass is 198 g/mol. The van der Waals surface area contributed by atoms with Crippen molar-refractivity contribution >= 4 is 5.97 Å². The summed E-state index contributed by atoms with van der Waals surface area (Å²) in [6.45, 7) is 4.38. The van der Waals surface area contributed by atoms with Crippen LogP contribution in [0.5, 0.6) is 0 Å². The van der Waals surface area contributed by atoms with E-state index < -0.39 is 0 Å². The standard InChI is InChI=1S/C12H22O2/c1-4-5-10-7-6-9(2)11(8-10)12(13)14-3/h9-11H,4-8H2,1-3H3/t9?,10-,11?/m1/s1. The number of ether oxygens (including phenoxy) is 1. The summed E-state index contributed by atoms with van der Waals surface area (Å²) >= 11 is 0. The lowest BCUT2D eigenvalue weighted by atomic mass is 9.73. The molecule has 0 heterocycles. The lowest BCUT2D eigenvalue weighted by Crippen LogP contribution is -2.30. The van der Waals surface area contributed by atoms with Gasteiger partial charge in [-0.25, -0.2) is 0 Å². The zero-order chi connectivity index (χ0) is 10.6. The van der Waals surface area contributed by atoms with Crippen molar-refractivity contribution in [2.24, 2.45) is 17.8 Å². The maximum absolute atomic E-state index is 11.5. The van der Waals surface area contributed by atoms with Gasteiger partial charge in [-0.2, -0.15) is 0 Å². The number of carbonyl (C=O) groups is 1. The third kappa shape index (κ3) is 2.73. The fraction of sp³-hybridized carbons (Fsp3) is 0.917. The molecule has 0 aromatic heterocycles. The molecule has 2 heteroatoms. The van der Waals surface area contributed by atoms with E-state index in [0.29, 0.717) is 5.92 Å². The molecule has 0 N–H and O–H groups in total. The Hall–Kier alpha value is -0.530. The minimum Gasteiger partial charge on any atom is -0.469 e. The van der Waals surface area contributed by atoms with E-state index in [4.69, 9.17) is 4.74 Å². The van der Waals surface area contributed by atoms with Crippen molar-refractivity contribution in [1.29, 1.82) is 0 Å². The molecule has 3 atom stereocenters. The second-order valence-electron chi connectivity index (χ2n) is 4.57. The van der Waals surface area contributed by atoms with Crippen LogP contribution >= 0.6 is 0 Å². The Bertz CT molecular complexity index is 189. The molecular weight excluding hydrogens is 176 g/mol. The molecule has 2 unspecified atom stereocenters. The van der Waals surface area contributed by atoms with Crippen LogP contribution in [-0.4, -0.2) is 13.1 Å². The number of rotatable bonds is 3. The highest BCUT2D eigenvalue weighted by atomic mass is 16.5. The molecule has 14 heavy (non-hydrogen) atoms. The average Bonchev–Trinajstić information content (AvgIpc) is 2.20. The van der Waals surface area contributed by atoms with E-state index in [2.05, 4.69) is 13.8 Å². The van der Waals surface area contributed by atoms with E-state index in [1.807, 2.05) is 0 Å². The van der Waals surface area contributed by atoms with Gasteiger partial charge in [0.1, 0.15) is 0 Å². The van der Waals surface area contributed by atoms with Crippen molar-refractivity contribution in [3.8, 4) is 0 Å². The largest absolute Gasteiger partial charge is 0.469 e. The zero-order valence-electron chi connectivity index (χ0n) is 9.58. The minimum absolute atomic E-state index is 0.00157. The molecule has 0 saturated heterocycles. The summed E-state index contributed by atoms with van der Waals surface area (Å²) in [5, 5.41) is 0. The van der Waals surface area contributed by atoms with E-state index in [9.17, 15) is 4.79 Å². The maximum atomic E-state index is 11.5. The summed E-state index contributed by atoms with van der Waals surface area (Å²) in [6, 6.07) is 0. The molecule has 1 saturated carbocycles. The highest BCUT2D eigenvalue weighted by Gasteiger charge is 2.32. The van der Waals surface area contributed by atoms with Crippen LogP contribution in [0, 0.1) is 17.8 Å². The van der Waals surface area contributed by atoms with E-state index in [0.717, 1.165) is 12.3 Å². The topological polar surface area (TPSA) is 26.3 Å². The summed E-state index contributed by atoms with van der Waals surface area (Å²) in [7, 11) is 1.50. The van der Waals surface area contributed by atoms with Crippen LogP contribution in [0.2, 0.25) is 0 Å². The Morgan fingerprint density at radius 2 is 2.14 bits per heavy atom. The molecule has 2 nitrogen and oxygen atoms in total. The van der Waals surface area contributed by atoms with E-state index in [-0.39, 0.29) is 11.9 Å². The number of carbonyl (C=O) groups excluding carboxylic acids is 1. The van der Waals surface area contributed by atoms with Crippen molar-refractivity contribution in [2.75, 3.05) is 7.11 Å². The molecule has 1 aliphatic carbocycles. The molecular formula is C12H22O2. The van der Waals surface area contributed by atoms with Gasteiger partial charge < -0.3 is 4.74 Å². The van der Waals surface area contributed by atoms with Gasteiger partial charge >= 0.3 is 5.97 Å². The molecule has 0 radical (unpaired) electrons.